The van der Waals surface area contributed by atoms with E-state index >= 15 is 0 Å². The Kier molecular flexibility index (Phi) is 8.98. The molecule has 0 unspecified atom stereocenters. The van der Waals surface area contributed by atoms with E-state index < -0.39 is 0 Å². The summed E-state index contributed by atoms with van der Waals surface area (Å²) in [6.07, 6.45) is 20.3. The molecular weight excluding hydrogens is 359 g/mol. The summed E-state index contributed by atoms with van der Waals surface area (Å²) < 4.78 is 20.1. The molecule has 0 atom stereocenters. The smallest absolute Gasteiger partial charge is 0.129 e. The summed E-state index contributed by atoms with van der Waals surface area (Å²) in [5.74, 6) is 3.07. The van der Waals surface area contributed by atoms with E-state index in [0.29, 0.717) is 24.7 Å². The summed E-state index contributed by atoms with van der Waals surface area (Å²) in [5, 5.41) is 0. The van der Waals surface area contributed by atoms with Crippen molar-refractivity contribution in [3.05, 3.63) is 59.4 Å². The van der Waals surface area contributed by atoms with Gasteiger partial charge in [0.05, 0.1) is 13.2 Å². The van der Waals surface area contributed by atoms with E-state index in [1.165, 1.54) is 56.9 Å². The Balaban J connectivity index is 1.45. The summed E-state index contributed by atoms with van der Waals surface area (Å²) in [6.45, 7) is 5.14. The lowest BCUT2D eigenvalue weighted by atomic mass is 9.68. The van der Waals surface area contributed by atoms with Crippen LogP contribution < -0.4 is 0 Å². The van der Waals surface area contributed by atoms with Gasteiger partial charge in [0, 0.05) is 5.56 Å². The van der Waals surface area contributed by atoms with Gasteiger partial charge in [-0.25, -0.2) is 4.39 Å². The number of hydrogen-bond acceptors (Lipinski definition) is 1. The Bertz CT molecular complexity index is 661. The highest BCUT2D eigenvalue weighted by Crippen LogP contribution is 2.44. The van der Waals surface area contributed by atoms with Crippen molar-refractivity contribution in [1.82, 2.24) is 0 Å². The van der Waals surface area contributed by atoms with Gasteiger partial charge in [-0.15, -0.1) is 0 Å². The molecule has 0 saturated heterocycles. The van der Waals surface area contributed by atoms with Crippen LogP contribution in [0.15, 0.2) is 42.5 Å². The maximum Gasteiger partial charge on any atom is 0.129 e. The first-order valence-electron chi connectivity index (χ1n) is 11.8. The largest absolute Gasteiger partial charge is 0.373 e. The minimum Gasteiger partial charge on any atom is -0.373 e. The molecule has 0 amide bonds. The molecule has 0 spiro atoms. The predicted octanol–water partition coefficient (Wildman–Crippen LogP) is 7.96. The van der Waals surface area contributed by atoms with Gasteiger partial charge in [0.2, 0.25) is 0 Å². The summed E-state index contributed by atoms with van der Waals surface area (Å²) in [6, 6.07) is 5.84. The highest BCUT2D eigenvalue weighted by Gasteiger charge is 2.30. The SMILES string of the molecule is C/C=C/C1CCC(C2CCC(c3ccc(COCC=CCC)c(F)c3)CC2)CC1. The quantitative estimate of drug-likeness (QED) is 0.319. The molecule has 2 saturated carbocycles. The van der Waals surface area contributed by atoms with Crippen LogP contribution in [0.2, 0.25) is 0 Å². The topological polar surface area (TPSA) is 9.23 Å². The van der Waals surface area contributed by atoms with Crippen molar-refractivity contribution in [2.75, 3.05) is 6.61 Å². The molecule has 2 aliphatic carbocycles. The van der Waals surface area contributed by atoms with E-state index in [4.69, 9.17) is 4.74 Å². The second-order valence-electron chi connectivity index (χ2n) is 9.06. The van der Waals surface area contributed by atoms with Gasteiger partial charge >= 0.3 is 0 Å². The lowest BCUT2D eigenvalue weighted by Gasteiger charge is -2.37. The fourth-order valence-electron chi connectivity index (χ4n) is 5.41. The molecule has 1 aromatic rings. The van der Waals surface area contributed by atoms with Gasteiger partial charge in [-0.1, -0.05) is 43.4 Å². The Morgan fingerprint density at radius 3 is 2.28 bits per heavy atom. The van der Waals surface area contributed by atoms with Crippen LogP contribution in [-0.2, 0) is 11.3 Å². The third-order valence-electron chi connectivity index (χ3n) is 7.14. The van der Waals surface area contributed by atoms with Crippen molar-refractivity contribution >= 4 is 0 Å². The zero-order valence-electron chi connectivity index (χ0n) is 18.4. The maximum absolute atomic E-state index is 14.5. The van der Waals surface area contributed by atoms with Crippen LogP contribution in [0, 0.1) is 23.6 Å². The summed E-state index contributed by atoms with van der Waals surface area (Å²) in [7, 11) is 0. The lowest BCUT2D eigenvalue weighted by molar-refractivity contribution is 0.145. The van der Waals surface area contributed by atoms with Crippen LogP contribution >= 0.6 is 0 Å². The fraction of sp³-hybridized carbons (Fsp3) is 0.630. The van der Waals surface area contributed by atoms with E-state index in [-0.39, 0.29) is 5.82 Å². The number of halogens is 1. The molecule has 3 rings (SSSR count). The molecule has 0 heterocycles. The van der Waals surface area contributed by atoms with Gasteiger partial charge in [-0.05, 0) is 100 Å². The van der Waals surface area contributed by atoms with Crippen LogP contribution in [0.3, 0.4) is 0 Å². The van der Waals surface area contributed by atoms with Gasteiger partial charge in [0.1, 0.15) is 5.82 Å². The molecule has 0 bridgehead atoms. The maximum atomic E-state index is 14.5. The van der Waals surface area contributed by atoms with Gasteiger partial charge in [-0.2, -0.15) is 0 Å². The zero-order valence-corrected chi connectivity index (χ0v) is 18.4. The van der Waals surface area contributed by atoms with Crippen LogP contribution in [0.4, 0.5) is 4.39 Å². The second-order valence-corrected chi connectivity index (χ2v) is 9.06. The van der Waals surface area contributed by atoms with Crippen molar-refractivity contribution < 1.29 is 9.13 Å². The predicted molar refractivity (Wildman–Crippen MR) is 120 cm³/mol. The number of rotatable bonds is 8. The van der Waals surface area contributed by atoms with Crippen molar-refractivity contribution in [3.63, 3.8) is 0 Å². The molecule has 29 heavy (non-hydrogen) atoms. The number of hydrogen-bond donors (Lipinski definition) is 0. The molecule has 0 aromatic heterocycles. The van der Waals surface area contributed by atoms with E-state index in [2.05, 4.69) is 38.1 Å². The molecule has 0 radical (unpaired) electrons. The second kappa shape index (κ2) is 11.7. The van der Waals surface area contributed by atoms with E-state index in [9.17, 15) is 4.39 Å². The van der Waals surface area contributed by atoms with Crippen LogP contribution in [-0.4, -0.2) is 6.61 Å². The fourth-order valence-corrected chi connectivity index (χ4v) is 5.41. The van der Waals surface area contributed by atoms with Crippen molar-refractivity contribution in [1.29, 1.82) is 0 Å². The molecular formula is C27H39FO. The Labute approximate surface area is 177 Å². The lowest BCUT2D eigenvalue weighted by Crippen LogP contribution is -2.25. The molecule has 2 fully saturated rings. The minimum atomic E-state index is -0.105. The Morgan fingerprint density at radius 2 is 1.66 bits per heavy atom. The van der Waals surface area contributed by atoms with Gasteiger partial charge < -0.3 is 4.74 Å². The van der Waals surface area contributed by atoms with E-state index in [1.54, 1.807) is 6.07 Å². The molecule has 160 valence electrons. The van der Waals surface area contributed by atoms with E-state index in [1.807, 2.05) is 12.1 Å². The Morgan fingerprint density at radius 1 is 0.966 bits per heavy atom. The van der Waals surface area contributed by atoms with Crippen molar-refractivity contribution in [2.45, 2.75) is 84.2 Å². The Hall–Kier alpha value is -1.41. The van der Waals surface area contributed by atoms with Crippen molar-refractivity contribution in [3.8, 4) is 0 Å². The standard InChI is InChI=1S/C27H39FO/c1-3-5-6-18-29-20-26-17-16-25(19-27(26)28)24-14-12-23(13-15-24)22-10-8-21(7-4-2)9-11-22/h4-7,16-17,19,21-24H,3,8-15,18,20H2,1-2H3/b6-5?,7-4+. The van der Waals surface area contributed by atoms with Crippen LogP contribution in [0.1, 0.15) is 88.7 Å². The highest BCUT2D eigenvalue weighted by atomic mass is 19.1. The molecule has 1 aromatic carbocycles. The average molecular weight is 399 g/mol. The monoisotopic (exact) mass is 398 g/mol. The first kappa shape index (κ1) is 22.3. The molecule has 2 heteroatoms. The first-order valence-corrected chi connectivity index (χ1v) is 11.8. The number of allylic oxidation sites excluding steroid dienone is 3. The van der Waals surface area contributed by atoms with Crippen LogP contribution in [0.25, 0.3) is 0 Å². The minimum absolute atomic E-state index is 0.105. The third kappa shape index (κ3) is 6.54. The third-order valence-corrected chi connectivity index (χ3v) is 7.14. The summed E-state index contributed by atoms with van der Waals surface area (Å²) in [4.78, 5) is 0. The molecule has 0 aliphatic heterocycles. The zero-order chi connectivity index (χ0) is 20.5. The number of benzene rings is 1. The summed E-state index contributed by atoms with van der Waals surface area (Å²) >= 11 is 0. The normalized spacial score (nSPS) is 28.4. The summed E-state index contributed by atoms with van der Waals surface area (Å²) in [5.41, 5.74) is 1.86. The first-order chi connectivity index (χ1) is 14.2. The van der Waals surface area contributed by atoms with Gasteiger partial charge in [0.15, 0.2) is 0 Å². The molecule has 0 N–H and O–H groups in total. The van der Waals surface area contributed by atoms with Gasteiger partial charge in [-0.3, -0.25) is 0 Å². The molecule has 2 aliphatic rings. The molecule has 1 nitrogen and oxygen atoms in total. The highest BCUT2D eigenvalue weighted by molar-refractivity contribution is 5.27. The number of ether oxygens (including phenoxy) is 1. The van der Waals surface area contributed by atoms with Crippen LogP contribution in [0.5, 0.6) is 0 Å². The van der Waals surface area contributed by atoms with E-state index in [0.717, 1.165) is 24.2 Å². The van der Waals surface area contributed by atoms with Crippen molar-refractivity contribution in [2.24, 2.45) is 17.8 Å². The average Bonchev–Trinajstić information content (AvgIpc) is 2.75. The van der Waals surface area contributed by atoms with Gasteiger partial charge in [0.25, 0.3) is 0 Å².